The Bertz CT molecular complexity index is 187. The van der Waals surface area contributed by atoms with E-state index in [-0.39, 0.29) is 5.60 Å². The molecule has 0 spiro atoms. The molecule has 0 N–H and O–H groups in total. The maximum absolute atomic E-state index is 5.64. The maximum atomic E-state index is 5.64. The van der Waals surface area contributed by atoms with Gasteiger partial charge in [0.2, 0.25) is 0 Å². The molecule has 1 saturated heterocycles. The topological polar surface area (TPSA) is 12.5 Å². The van der Waals surface area contributed by atoms with E-state index in [4.69, 9.17) is 4.74 Å². The number of hydrogen-bond donors (Lipinski definition) is 0. The van der Waals surface area contributed by atoms with Crippen molar-refractivity contribution in [1.82, 2.24) is 4.90 Å². The molecule has 1 heterocycles. The Morgan fingerprint density at radius 3 is 2.77 bits per heavy atom. The summed E-state index contributed by atoms with van der Waals surface area (Å²) in [4.78, 5) is 2.43. The summed E-state index contributed by atoms with van der Waals surface area (Å²) in [5, 5.41) is 0. The second kappa shape index (κ2) is 4.25. The predicted octanol–water partition coefficient (Wildman–Crippen LogP) is 2.06. The van der Waals surface area contributed by atoms with Gasteiger partial charge >= 0.3 is 0 Å². The highest BCUT2D eigenvalue weighted by Gasteiger charge is 2.26. The van der Waals surface area contributed by atoms with Crippen LogP contribution in [0, 0.1) is 0 Å². The normalized spacial score (nSPS) is 23.0. The summed E-state index contributed by atoms with van der Waals surface area (Å²) >= 11 is 0. The van der Waals surface area contributed by atoms with Gasteiger partial charge in [0.05, 0.1) is 12.2 Å². The Hall–Kier alpha value is -0.340. The van der Waals surface area contributed by atoms with Gasteiger partial charge in [0.1, 0.15) is 0 Å². The second-order valence-electron chi connectivity index (χ2n) is 4.42. The van der Waals surface area contributed by atoms with Crippen molar-refractivity contribution in [2.75, 3.05) is 26.2 Å². The maximum Gasteiger partial charge on any atom is 0.0753 e. The van der Waals surface area contributed by atoms with Crippen LogP contribution in [0.3, 0.4) is 0 Å². The molecule has 0 aromatic rings. The van der Waals surface area contributed by atoms with Crippen molar-refractivity contribution >= 4 is 0 Å². The van der Waals surface area contributed by atoms with Gasteiger partial charge in [-0.3, -0.25) is 4.90 Å². The van der Waals surface area contributed by atoms with Crippen molar-refractivity contribution in [3.63, 3.8) is 0 Å². The highest BCUT2D eigenvalue weighted by molar-refractivity contribution is 4.97. The average Bonchev–Trinajstić information content (AvgIpc) is 2.02. The zero-order valence-electron chi connectivity index (χ0n) is 9.10. The van der Waals surface area contributed by atoms with E-state index in [1.165, 1.54) is 5.57 Å². The number of nitrogens with zero attached hydrogens (tertiary/aromatic N) is 1. The third-order valence-electron chi connectivity index (χ3n) is 2.45. The Labute approximate surface area is 81.6 Å². The van der Waals surface area contributed by atoms with E-state index >= 15 is 0 Å². The molecule has 1 fully saturated rings. The zero-order chi connectivity index (χ0) is 9.90. The van der Waals surface area contributed by atoms with Crippen molar-refractivity contribution in [2.45, 2.75) is 32.8 Å². The molecule has 76 valence electrons. The largest absolute Gasteiger partial charge is 0.373 e. The fourth-order valence-corrected chi connectivity index (χ4v) is 1.68. The Morgan fingerprint density at radius 1 is 1.54 bits per heavy atom. The van der Waals surface area contributed by atoms with Crippen molar-refractivity contribution in [1.29, 1.82) is 0 Å². The Balaban J connectivity index is 2.39. The summed E-state index contributed by atoms with van der Waals surface area (Å²) in [6, 6.07) is 0. The third-order valence-corrected chi connectivity index (χ3v) is 2.45. The summed E-state index contributed by atoms with van der Waals surface area (Å²) in [5.41, 5.74) is 1.34. The average molecular weight is 183 g/mol. The molecule has 1 rings (SSSR count). The minimum absolute atomic E-state index is 0.0201. The SMILES string of the molecule is C=C(CC)CN1CCOC(C)(C)C1. The third kappa shape index (κ3) is 3.49. The van der Waals surface area contributed by atoms with E-state index in [1.54, 1.807) is 0 Å². The minimum Gasteiger partial charge on any atom is -0.373 e. The fraction of sp³-hybridized carbons (Fsp3) is 0.818. The molecule has 13 heavy (non-hydrogen) atoms. The predicted molar refractivity (Wildman–Crippen MR) is 55.9 cm³/mol. The molecule has 2 heteroatoms. The van der Waals surface area contributed by atoms with Crippen molar-refractivity contribution in [3.8, 4) is 0 Å². The van der Waals surface area contributed by atoms with E-state index in [0.717, 1.165) is 32.7 Å². The van der Waals surface area contributed by atoms with Crippen LogP contribution in [-0.2, 0) is 4.74 Å². The molecule has 0 unspecified atom stereocenters. The summed E-state index contributed by atoms with van der Waals surface area (Å²) < 4.78 is 5.64. The van der Waals surface area contributed by atoms with E-state index in [1.807, 2.05) is 0 Å². The van der Waals surface area contributed by atoms with Crippen LogP contribution < -0.4 is 0 Å². The van der Waals surface area contributed by atoms with Crippen LogP contribution in [0.15, 0.2) is 12.2 Å². The van der Waals surface area contributed by atoms with Gasteiger partial charge in [0, 0.05) is 19.6 Å². The number of rotatable bonds is 3. The summed E-state index contributed by atoms with van der Waals surface area (Å²) in [6.07, 6.45) is 1.08. The smallest absolute Gasteiger partial charge is 0.0753 e. The van der Waals surface area contributed by atoms with Crippen LogP contribution in [0.4, 0.5) is 0 Å². The van der Waals surface area contributed by atoms with Gasteiger partial charge in [-0.25, -0.2) is 0 Å². The lowest BCUT2D eigenvalue weighted by Gasteiger charge is -2.38. The minimum atomic E-state index is 0.0201. The standard InChI is InChI=1S/C11H21NO/c1-5-10(2)8-12-6-7-13-11(3,4)9-12/h2,5-9H2,1,3-4H3. The van der Waals surface area contributed by atoms with Crippen LogP contribution in [0.2, 0.25) is 0 Å². The van der Waals surface area contributed by atoms with Crippen LogP contribution in [-0.4, -0.2) is 36.7 Å². The van der Waals surface area contributed by atoms with E-state index < -0.39 is 0 Å². The van der Waals surface area contributed by atoms with Gasteiger partial charge < -0.3 is 4.74 Å². The highest BCUT2D eigenvalue weighted by atomic mass is 16.5. The second-order valence-corrected chi connectivity index (χ2v) is 4.42. The summed E-state index contributed by atoms with van der Waals surface area (Å²) in [7, 11) is 0. The van der Waals surface area contributed by atoms with Crippen molar-refractivity contribution in [2.24, 2.45) is 0 Å². The van der Waals surface area contributed by atoms with Gasteiger partial charge in [-0.1, -0.05) is 19.1 Å². The van der Waals surface area contributed by atoms with Crippen LogP contribution in [0.25, 0.3) is 0 Å². The number of hydrogen-bond acceptors (Lipinski definition) is 2. The number of ether oxygens (including phenoxy) is 1. The van der Waals surface area contributed by atoms with Crippen molar-refractivity contribution < 1.29 is 4.74 Å². The lowest BCUT2D eigenvalue weighted by molar-refractivity contribution is -0.0836. The molecule has 0 aliphatic carbocycles. The molecule has 0 amide bonds. The van der Waals surface area contributed by atoms with Crippen LogP contribution >= 0.6 is 0 Å². The molecule has 0 aromatic carbocycles. The first-order valence-corrected chi connectivity index (χ1v) is 5.06. The first-order valence-electron chi connectivity index (χ1n) is 5.06. The molecule has 0 atom stereocenters. The Morgan fingerprint density at radius 2 is 2.23 bits per heavy atom. The van der Waals surface area contributed by atoms with Gasteiger partial charge in [-0.05, 0) is 20.3 Å². The molecule has 1 aliphatic heterocycles. The lowest BCUT2D eigenvalue weighted by Crippen LogP contribution is -2.48. The van der Waals surface area contributed by atoms with E-state index in [2.05, 4.69) is 32.3 Å². The fourth-order valence-electron chi connectivity index (χ4n) is 1.68. The first kappa shape index (κ1) is 10.7. The monoisotopic (exact) mass is 183 g/mol. The van der Waals surface area contributed by atoms with Crippen molar-refractivity contribution in [3.05, 3.63) is 12.2 Å². The molecule has 0 aromatic heterocycles. The van der Waals surface area contributed by atoms with Gasteiger partial charge in [0.15, 0.2) is 0 Å². The van der Waals surface area contributed by atoms with Gasteiger partial charge in [0.25, 0.3) is 0 Å². The molecule has 1 aliphatic rings. The van der Waals surface area contributed by atoms with Gasteiger partial charge in [-0.15, -0.1) is 0 Å². The summed E-state index contributed by atoms with van der Waals surface area (Å²) in [6.45, 7) is 14.4. The quantitative estimate of drug-likeness (QED) is 0.621. The van der Waals surface area contributed by atoms with E-state index in [9.17, 15) is 0 Å². The van der Waals surface area contributed by atoms with E-state index in [0.29, 0.717) is 0 Å². The summed E-state index contributed by atoms with van der Waals surface area (Å²) in [5.74, 6) is 0. The van der Waals surface area contributed by atoms with Gasteiger partial charge in [-0.2, -0.15) is 0 Å². The molecule has 2 nitrogen and oxygen atoms in total. The molecule has 0 saturated carbocycles. The molecular weight excluding hydrogens is 162 g/mol. The molecule has 0 bridgehead atoms. The molecular formula is C11H21NO. The van der Waals surface area contributed by atoms with Crippen LogP contribution in [0.1, 0.15) is 27.2 Å². The highest BCUT2D eigenvalue weighted by Crippen LogP contribution is 2.17. The first-order chi connectivity index (χ1) is 6.03. The number of morpholine rings is 1. The zero-order valence-corrected chi connectivity index (χ0v) is 9.10. The lowest BCUT2D eigenvalue weighted by atomic mass is 10.1. The molecule has 0 radical (unpaired) electrons. The van der Waals surface area contributed by atoms with Crippen LogP contribution in [0.5, 0.6) is 0 Å². The Kier molecular flexibility index (Phi) is 3.51.